The number of primary sulfonamides is 1. The molecule has 130 valence electrons. The predicted molar refractivity (Wildman–Crippen MR) is 90.7 cm³/mol. The van der Waals surface area contributed by atoms with Crippen LogP contribution in [-0.2, 0) is 16.6 Å². The highest BCUT2D eigenvalue weighted by molar-refractivity contribution is 7.89. The Morgan fingerprint density at radius 1 is 1.17 bits per heavy atom. The van der Waals surface area contributed by atoms with E-state index in [2.05, 4.69) is 4.90 Å². The molecule has 0 aromatic heterocycles. The molecule has 0 aliphatic rings. The Hall–Kier alpha value is -1.96. The van der Waals surface area contributed by atoms with E-state index in [-0.39, 0.29) is 10.7 Å². The van der Waals surface area contributed by atoms with Gasteiger partial charge in [0.15, 0.2) is 0 Å². The molecular weight excluding hydrogens is 331 g/mol. The Morgan fingerprint density at radius 3 is 2.46 bits per heavy atom. The number of rotatable bonds is 8. The summed E-state index contributed by atoms with van der Waals surface area (Å²) < 4.78 is 41.2. The molecule has 2 aromatic carbocycles. The van der Waals surface area contributed by atoms with Gasteiger partial charge >= 0.3 is 0 Å². The first-order valence-electron chi connectivity index (χ1n) is 7.61. The third-order valence-corrected chi connectivity index (χ3v) is 4.50. The Labute approximate surface area is 141 Å². The van der Waals surface area contributed by atoms with Gasteiger partial charge in [-0.3, -0.25) is 4.90 Å². The minimum absolute atomic E-state index is 0.0520. The predicted octanol–water partition coefficient (Wildman–Crippen LogP) is 2.37. The Kier molecular flexibility index (Phi) is 6.30. The summed E-state index contributed by atoms with van der Waals surface area (Å²) in [6, 6.07) is 12.5. The summed E-state index contributed by atoms with van der Waals surface area (Å²) in [5.74, 6) is 0.332. The summed E-state index contributed by atoms with van der Waals surface area (Å²) in [6.45, 7) is 4.59. The lowest BCUT2D eigenvalue weighted by atomic mass is 10.2. The fourth-order valence-corrected chi connectivity index (χ4v) is 2.78. The van der Waals surface area contributed by atoms with Gasteiger partial charge in [-0.05, 0) is 48.5 Å². The fraction of sp³-hybridized carbons (Fsp3) is 0.294. The quantitative estimate of drug-likeness (QED) is 0.792. The van der Waals surface area contributed by atoms with Gasteiger partial charge in [-0.25, -0.2) is 17.9 Å². The molecule has 0 aliphatic carbocycles. The molecule has 0 saturated heterocycles. The molecule has 0 amide bonds. The van der Waals surface area contributed by atoms with Gasteiger partial charge in [0, 0.05) is 13.1 Å². The molecular formula is C17H21FN2O3S. The molecule has 0 heterocycles. The molecule has 0 bridgehead atoms. The van der Waals surface area contributed by atoms with Gasteiger partial charge in [-0.2, -0.15) is 0 Å². The standard InChI is InChI=1S/C17H21FN2O3S/c1-2-20(13-14-4-3-5-15(18)12-14)10-11-23-16-6-8-17(9-7-16)24(19,21)22/h3-9,12H,2,10-11,13H2,1H3,(H2,19,21,22). The van der Waals surface area contributed by atoms with Crippen LogP contribution < -0.4 is 9.88 Å². The van der Waals surface area contributed by atoms with Crippen LogP contribution in [0.2, 0.25) is 0 Å². The topological polar surface area (TPSA) is 72.6 Å². The van der Waals surface area contributed by atoms with Crippen LogP contribution in [0, 0.1) is 5.82 Å². The zero-order valence-electron chi connectivity index (χ0n) is 13.5. The summed E-state index contributed by atoms with van der Waals surface area (Å²) in [7, 11) is -3.69. The molecule has 0 saturated carbocycles. The second-order valence-corrected chi connectivity index (χ2v) is 6.92. The van der Waals surface area contributed by atoms with Crippen LogP contribution in [0.3, 0.4) is 0 Å². The zero-order chi connectivity index (χ0) is 17.6. The van der Waals surface area contributed by atoms with Crippen LogP contribution in [0.1, 0.15) is 12.5 Å². The average molecular weight is 352 g/mol. The van der Waals surface area contributed by atoms with Crippen molar-refractivity contribution in [2.75, 3.05) is 19.7 Å². The number of likely N-dealkylation sites (N-methyl/N-ethyl adjacent to an activating group) is 1. The van der Waals surface area contributed by atoms with Gasteiger partial charge in [0.05, 0.1) is 4.90 Å². The van der Waals surface area contributed by atoms with Gasteiger partial charge in [0.2, 0.25) is 10.0 Å². The van der Waals surface area contributed by atoms with Crippen LogP contribution in [-0.4, -0.2) is 33.0 Å². The van der Waals surface area contributed by atoms with Crippen LogP contribution in [0.15, 0.2) is 53.4 Å². The van der Waals surface area contributed by atoms with E-state index in [0.717, 1.165) is 12.1 Å². The van der Waals surface area contributed by atoms with Gasteiger partial charge in [0.25, 0.3) is 0 Å². The maximum atomic E-state index is 13.2. The molecule has 7 heteroatoms. The Balaban J connectivity index is 1.85. The van der Waals surface area contributed by atoms with Gasteiger partial charge in [-0.1, -0.05) is 19.1 Å². The van der Waals surface area contributed by atoms with E-state index in [0.29, 0.717) is 25.4 Å². The van der Waals surface area contributed by atoms with Crippen LogP contribution in [0.5, 0.6) is 5.75 Å². The summed E-state index contributed by atoms with van der Waals surface area (Å²) in [5.41, 5.74) is 0.911. The highest BCUT2D eigenvalue weighted by atomic mass is 32.2. The van der Waals surface area contributed by atoms with Gasteiger partial charge in [0.1, 0.15) is 18.2 Å². The normalized spacial score (nSPS) is 11.7. The first kappa shape index (κ1) is 18.4. The number of halogens is 1. The van der Waals surface area contributed by atoms with Crippen molar-refractivity contribution in [2.24, 2.45) is 5.14 Å². The Bertz CT molecular complexity index is 764. The summed E-state index contributed by atoms with van der Waals surface area (Å²) in [6.07, 6.45) is 0. The van der Waals surface area contributed by atoms with Crippen LogP contribution in [0.25, 0.3) is 0 Å². The van der Waals surface area contributed by atoms with E-state index < -0.39 is 10.0 Å². The number of benzene rings is 2. The van der Waals surface area contributed by atoms with Gasteiger partial charge in [-0.15, -0.1) is 0 Å². The highest BCUT2D eigenvalue weighted by Crippen LogP contribution is 2.15. The minimum Gasteiger partial charge on any atom is -0.492 e. The van der Waals surface area contributed by atoms with Crippen LogP contribution in [0.4, 0.5) is 4.39 Å². The third kappa shape index (κ3) is 5.59. The molecule has 2 aromatic rings. The molecule has 5 nitrogen and oxygen atoms in total. The van der Waals surface area contributed by atoms with Crippen molar-refractivity contribution in [3.05, 3.63) is 59.9 Å². The molecule has 0 radical (unpaired) electrons. The molecule has 0 spiro atoms. The van der Waals surface area contributed by atoms with E-state index in [1.54, 1.807) is 18.2 Å². The number of hydrogen-bond acceptors (Lipinski definition) is 4. The van der Waals surface area contributed by atoms with Crippen LogP contribution >= 0.6 is 0 Å². The van der Waals surface area contributed by atoms with Crippen molar-refractivity contribution in [2.45, 2.75) is 18.4 Å². The molecule has 0 unspecified atom stereocenters. The first-order valence-corrected chi connectivity index (χ1v) is 9.15. The number of nitrogens with zero attached hydrogens (tertiary/aromatic N) is 1. The fourth-order valence-electron chi connectivity index (χ4n) is 2.26. The smallest absolute Gasteiger partial charge is 0.238 e. The average Bonchev–Trinajstić information content (AvgIpc) is 2.53. The summed E-state index contributed by atoms with van der Waals surface area (Å²) in [5, 5.41) is 5.05. The Morgan fingerprint density at radius 2 is 1.88 bits per heavy atom. The van der Waals surface area contributed by atoms with E-state index >= 15 is 0 Å². The number of hydrogen-bond donors (Lipinski definition) is 1. The number of sulfonamides is 1. The maximum Gasteiger partial charge on any atom is 0.238 e. The van der Waals surface area contributed by atoms with Crippen molar-refractivity contribution in [1.29, 1.82) is 0 Å². The van der Waals surface area contributed by atoms with Crippen molar-refractivity contribution in [1.82, 2.24) is 4.90 Å². The lowest BCUT2D eigenvalue weighted by Crippen LogP contribution is -2.27. The molecule has 2 rings (SSSR count). The van der Waals surface area contributed by atoms with Crippen molar-refractivity contribution < 1.29 is 17.5 Å². The van der Waals surface area contributed by atoms with Crippen molar-refractivity contribution in [3.63, 3.8) is 0 Å². The number of ether oxygens (including phenoxy) is 1. The van der Waals surface area contributed by atoms with Crippen molar-refractivity contribution in [3.8, 4) is 5.75 Å². The molecule has 0 atom stereocenters. The lowest BCUT2D eigenvalue weighted by molar-refractivity contribution is 0.210. The number of nitrogens with two attached hydrogens (primary N) is 1. The SMILES string of the molecule is CCN(CCOc1ccc(S(N)(=O)=O)cc1)Cc1cccc(F)c1. The lowest BCUT2D eigenvalue weighted by Gasteiger charge is -2.20. The monoisotopic (exact) mass is 352 g/mol. The zero-order valence-corrected chi connectivity index (χ0v) is 14.3. The molecule has 0 fully saturated rings. The van der Waals surface area contributed by atoms with E-state index in [1.165, 1.54) is 24.3 Å². The van der Waals surface area contributed by atoms with Gasteiger partial charge < -0.3 is 4.74 Å². The highest BCUT2D eigenvalue weighted by Gasteiger charge is 2.08. The second kappa shape index (κ2) is 8.23. The van der Waals surface area contributed by atoms with E-state index in [4.69, 9.17) is 9.88 Å². The third-order valence-electron chi connectivity index (χ3n) is 3.57. The molecule has 2 N–H and O–H groups in total. The van der Waals surface area contributed by atoms with Crippen molar-refractivity contribution >= 4 is 10.0 Å². The second-order valence-electron chi connectivity index (χ2n) is 5.36. The minimum atomic E-state index is -3.69. The maximum absolute atomic E-state index is 13.2. The van der Waals surface area contributed by atoms with E-state index in [1.807, 2.05) is 13.0 Å². The summed E-state index contributed by atoms with van der Waals surface area (Å²) in [4.78, 5) is 2.18. The first-order chi connectivity index (χ1) is 11.4. The summed E-state index contributed by atoms with van der Waals surface area (Å²) >= 11 is 0. The molecule has 24 heavy (non-hydrogen) atoms. The van der Waals surface area contributed by atoms with E-state index in [9.17, 15) is 12.8 Å². The molecule has 0 aliphatic heterocycles. The largest absolute Gasteiger partial charge is 0.492 e.